The molecule has 0 aliphatic heterocycles. The second-order valence-electron chi connectivity index (χ2n) is 5.90. The van der Waals surface area contributed by atoms with E-state index >= 15 is 0 Å². The summed E-state index contributed by atoms with van der Waals surface area (Å²) in [5.74, 6) is 0. The number of aromatic nitrogens is 4. The van der Waals surface area contributed by atoms with Crippen molar-refractivity contribution in [1.82, 2.24) is 19.4 Å². The van der Waals surface area contributed by atoms with Crippen molar-refractivity contribution in [1.29, 1.82) is 0 Å². The third kappa shape index (κ3) is 2.87. The Morgan fingerprint density at radius 3 is 2.41 bits per heavy atom. The molecule has 1 aliphatic rings. The molecule has 2 heterocycles. The lowest BCUT2D eigenvalue weighted by molar-refractivity contribution is 0.346. The number of nitrogens with zero attached hydrogens (tertiary/aromatic N) is 3. The first-order valence-corrected chi connectivity index (χ1v) is 8.52. The molecule has 3 rings (SSSR count). The first-order chi connectivity index (χ1) is 10.6. The molecule has 118 valence electrons. The Morgan fingerprint density at radius 2 is 1.77 bits per heavy atom. The molecule has 0 radical (unpaired) electrons. The van der Waals surface area contributed by atoms with Crippen LogP contribution in [0, 0.1) is 23.4 Å². The molecule has 1 fully saturated rings. The monoisotopic (exact) mass is 335 g/mol. The molecule has 1 aliphatic carbocycles. The van der Waals surface area contributed by atoms with Gasteiger partial charge in [-0.05, 0) is 57.2 Å². The van der Waals surface area contributed by atoms with E-state index in [9.17, 15) is 0 Å². The fourth-order valence-corrected chi connectivity index (χ4v) is 3.80. The van der Waals surface area contributed by atoms with Crippen molar-refractivity contribution in [2.75, 3.05) is 0 Å². The van der Waals surface area contributed by atoms with Gasteiger partial charge in [-0.1, -0.05) is 19.3 Å². The highest BCUT2D eigenvalue weighted by Gasteiger charge is 2.19. The van der Waals surface area contributed by atoms with Gasteiger partial charge in [0.2, 0.25) is 9.54 Å². The van der Waals surface area contributed by atoms with Crippen LogP contribution < -0.4 is 0 Å². The number of aryl methyl sites for hydroxylation is 1. The van der Waals surface area contributed by atoms with Gasteiger partial charge < -0.3 is 4.57 Å². The number of hydrogen-bond acceptors (Lipinski definition) is 3. The second kappa shape index (κ2) is 6.34. The second-order valence-corrected chi connectivity index (χ2v) is 6.68. The fourth-order valence-electron chi connectivity index (χ4n) is 3.36. The maximum atomic E-state index is 5.15. The van der Waals surface area contributed by atoms with Crippen LogP contribution >= 0.6 is 24.4 Å². The largest absolute Gasteiger partial charge is 0.345 e. The Balaban J connectivity index is 1.92. The first kappa shape index (κ1) is 15.4. The highest BCUT2D eigenvalue weighted by Crippen LogP contribution is 2.31. The van der Waals surface area contributed by atoms with Gasteiger partial charge in [-0.3, -0.25) is 10.2 Å². The van der Waals surface area contributed by atoms with E-state index in [0.29, 0.717) is 15.6 Å². The van der Waals surface area contributed by atoms with E-state index < -0.39 is 0 Å². The van der Waals surface area contributed by atoms with Crippen LogP contribution in [0.15, 0.2) is 11.2 Å². The summed E-state index contributed by atoms with van der Waals surface area (Å²) in [7, 11) is 0. The summed E-state index contributed by atoms with van der Waals surface area (Å²) >= 11 is 10.3. The molecule has 0 atom stereocenters. The van der Waals surface area contributed by atoms with E-state index in [1.165, 1.54) is 48.2 Å². The lowest BCUT2D eigenvalue weighted by Gasteiger charge is -2.26. The molecule has 22 heavy (non-hydrogen) atoms. The molecule has 2 aromatic heterocycles. The smallest absolute Gasteiger partial charge is 0.215 e. The molecule has 0 bridgehead atoms. The van der Waals surface area contributed by atoms with Gasteiger partial charge in [0.15, 0.2) is 0 Å². The Hall–Kier alpha value is -1.47. The summed E-state index contributed by atoms with van der Waals surface area (Å²) in [4.78, 5) is 0. The van der Waals surface area contributed by atoms with Gasteiger partial charge in [-0.2, -0.15) is 9.78 Å². The van der Waals surface area contributed by atoms with Crippen molar-refractivity contribution in [2.45, 2.75) is 52.0 Å². The predicted octanol–water partition coefficient (Wildman–Crippen LogP) is 4.41. The summed E-state index contributed by atoms with van der Waals surface area (Å²) in [5, 5.41) is 9.97. The third-order valence-electron chi connectivity index (χ3n) is 4.44. The molecule has 1 saturated carbocycles. The Morgan fingerprint density at radius 1 is 1.14 bits per heavy atom. The van der Waals surface area contributed by atoms with Crippen LogP contribution in [0.4, 0.5) is 0 Å². The molecule has 5 nitrogen and oxygen atoms in total. The van der Waals surface area contributed by atoms with Gasteiger partial charge in [-0.25, -0.2) is 0 Å². The van der Waals surface area contributed by atoms with Gasteiger partial charge in [0, 0.05) is 23.0 Å². The van der Waals surface area contributed by atoms with E-state index in [2.05, 4.69) is 39.8 Å². The van der Waals surface area contributed by atoms with Crippen LogP contribution in [0.5, 0.6) is 0 Å². The minimum Gasteiger partial charge on any atom is -0.345 e. The van der Waals surface area contributed by atoms with Crippen molar-refractivity contribution < 1.29 is 0 Å². The van der Waals surface area contributed by atoms with E-state index in [-0.39, 0.29) is 0 Å². The van der Waals surface area contributed by atoms with Crippen molar-refractivity contribution in [3.63, 3.8) is 0 Å². The SMILES string of the molecule is Cc1cc(/C=N\n2c(=S)[nH][nH]c2=S)c(C)n1C1CCCCC1. The average Bonchev–Trinajstić information content (AvgIpc) is 2.98. The Kier molecular flexibility index (Phi) is 4.44. The number of nitrogens with one attached hydrogen (secondary N) is 2. The summed E-state index contributed by atoms with van der Waals surface area (Å²) in [6.45, 7) is 4.34. The minimum absolute atomic E-state index is 0.474. The van der Waals surface area contributed by atoms with Crippen LogP contribution in [0.3, 0.4) is 0 Å². The normalized spacial score (nSPS) is 16.6. The van der Waals surface area contributed by atoms with Crippen molar-refractivity contribution in [3.05, 3.63) is 32.6 Å². The summed E-state index contributed by atoms with van der Waals surface area (Å²) < 4.78 is 4.94. The predicted molar refractivity (Wildman–Crippen MR) is 93.8 cm³/mol. The Bertz CT molecular complexity index is 771. The van der Waals surface area contributed by atoms with Crippen LogP contribution in [0.25, 0.3) is 0 Å². The number of aromatic amines is 2. The first-order valence-electron chi connectivity index (χ1n) is 7.70. The Labute approximate surface area is 140 Å². The quantitative estimate of drug-likeness (QED) is 0.645. The van der Waals surface area contributed by atoms with Crippen molar-refractivity contribution in [2.24, 2.45) is 5.10 Å². The molecule has 0 amide bonds. The standard InChI is InChI=1S/C15H21N5S2/c1-10-8-12(9-16-20-14(21)17-18-15(20)22)11(2)19(10)13-6-4-3-5-7-13/h8-9,13H,3-7H2,1-2H3,(H,17,21)(H,18,22)/b16-9-. The topological polar surface area (TPSA) is 53.8 Å². The van der Waals surface area contributed by atoms with E-state index in [1.54, 1.807) is 0 Å². The molecular formula is C15H21N5S2. The molecule has 0 unspecified atom stereocenters. The van der Waals surface area contributed by atoms with E-state index in [0.717, 1.165) is 5.56 Å². The van der Waals surface area contributed by atoms with Crippen molar-refractivity contribution >= 4 is 30.7 Å². The molecule has 2 N–H and O–H groups in total. The molecule has 2 aromatic rings. The molecule has 7 heteroatoms. The molecule has 0 spiro atoms. The third-order valence-corrected chi connectivity index (χ3v) is 4.99. The maximum absolute atomic E-state index is 5.15. The zero-order valence-corrected chi connectivity index (χ0v) is 14.6. The van der Waals surface area contributed by atoms with E-state index in [1.807, 2.05) is 6.21 Å². The molecule has 0 saturated heterocycles. The minimum atomic E-state index is 0.474. The zero-order valence-electron chi connectivity index (χ0n) is 12.9. The highest BCUT2D eigenvalue weighted by atomic mass is 32.1. The number of H-pyrrole nitrogens is 2. The average molecular weight is 336 g/mol. The van der Waals surface area contributed by atoms with Gasteiger partial charge in [0.25, 0.3) is 0 Å². The fraction of sp³-hybridized carbons (Fsp3) is 0.533. The van der Waals surface area contributed by atoms with Crippen LogP contribution in [-0.4, -0.2) is 25.7 Å². The number of rotatable bonds is 3. The van der Waals surface area contributed by atoms with Gasteiger partial charge in [-0.15, -0.1) is 0 Å². The maximum Gasteiger partial charge on any atom is 0.215 e. The lowest BCUT2D eigenvalue weighted by Crippen LogP contribution is -2.15. The highest BCUT2D eigenvalue weighted by molar-refractivity contribution is 7.72. The van der Waals surface area contributed by atoms with Gasteiger partial charge in [0.1, 0.15) is 0 Å². The summed E-state index contributed by atoms with van der Waals surface area (Å²) in [6, 6.07) is 2.82. The van der Waals surface area contributed by atoms with E-state index in [4.69, 9.17) is 24.4 Å². The molecular weight excluding hydrogens is 314 g/mol. The lowest BCUT2D eigenvalue weighted by atomic mass is 9.95. The molecule has 0 aromatic carbocycles. The summed E-state index contributed by atoms with van der Waals surface area (Å²) in [5.41, 5.74) is 3.69. The zero-order chi connectivity index (χ0) is 15.7. The van der Waals surface area contributed by atoms with Crippen LogP contribution in [0.2, 0.25) is 0 Å². The van der Waals surface area contributed by atoms with Crippen molar-refractivity contribution in [3.8, 4) is 0 Å². The van der Waals surface area contributed by atoms with Crippen LogP contribution in [-0.2, 0) is 0 Å². The number of hydrogen-bond donors (Lipinski definition) is 2. The van der Waals surface area contributed by atoms with Gasteiger partial charge >= 0.3 is 0 Å². The summed E-state index contributed by atoms with van der Waals surface area (Å²) in [6.07, 6.45) is 8.43. The van der Waals surface area contributed by atoms with Crippen LogP contribution in [0.1, 0.15) is 55.1 Å². The van der Waals surface area contributed by atoms with Gasteiger partial charge in [0.05, 0.1) is 6.21 Å².